The van der Waals surface area contributed by atoms with Crippen LogP contribution in [-0.2, 0) is 28.6 Å². The SMILES string of the molecule is CC/C=C\C/C=C\C/C=C\C/C=C\CCCCCCC(=O)OCC(COC(=O)CCCCCCCCCCCCCCCCCCCCCCCCCCCCC)OC(=O)CCCCCCCCCCCCCCCCCCCC. The Bertz CT molecular complexity index is 1380. The molecule has 0 aliphatic carbocycles. The maximum Gasteiger partial charge on any atom is 0.306 e. The lowest BCUT2D eigenvalue weighted by molar-refractivity contribution is -0.167. The lowest BCUT2D eigenvalue weighted by Gasteiger charge is -2.18. The zero-order valence-electron chi connectivity index (χ0n) is 53.9. The van der Waals surface area contributed by atoms with Gasteiger partial charge in [-0.3, -0.25) is 14.4 Å². The number of ether oxygens (including phenoxy) is 3. The van der Waals surface area contributed by atoms with Crippen LogP contribution in [0.15, 0.2) is 48.6 Å². The summed E-state index contributed by atoms with van der Waals surface area (Å²) in [5.41, 5.74) is 0. The summed E-state index contributed by atoms with van der Waals surface area (Å²) in [6, 6.07) is 0. The molecule has 0 aliphatic rings. The molecule has 6 nitrogen and oxygen atoms in total. The fraction of sp³-hybridized carbons (Fsp3) is 0.851. The lowest BCUT2D eigenvalue weighted by atomic mass is 10.0. The predicted octanol–water partition coefficient (Wildman–Crippen LogP) is 24.5. The van der Waals surface area contributed by atoms with Gasteiger partial charge in [0.2, 0.25) is 0 Å². The van der Waals surface area contributed by atoms with E-state index in [2.05, 4.69) is 69.4 Å². The van der Waals surface area contributed by atoms with Crippen molar-refractivity contribution in [3.8, 4) is 0 Å². The number of esters is 3. The molecule has 1 atom stereocenters. The summed E-state index contributed by atoms with van der Waals surface area (Å²) in [4.78, 5) is 38.4. The average Bonchev–Trinajstić information content (AvgIpc) is 3.46. The van der Waals surface area contributed by atoms with Crippen LogP contribution in [0.5, 0.6) is 0 Å². The van der Waals surface area contributed by atoms with E-state index in [1.165, 1.54) is 250 Å². The van der Waals surface area contributed by atoms with Gasteiger partial charge in [-0.15, -0.1) is 0 Å². The van der Waals surface area contributed by atoms with Gasteiger partial charge in [0.25, 0.3) is 0 Å². The maximum atomic E-state index is 12.9. The van der Waals surface area contributed by atoms with Gasteiger partial charge in [0.1, 0.15) is 13.2 Å². The molecular formula is C74H136O6. The molecule has 0 heterocycles. The first-order chi connectivity index (χ1) is 39.5. The minimum absolute atomic E-state index is 0.0756. The van der Waals surface area contributed by atoms with Crippen molar-refractivity contribution < 1.29 is 28.6 Å². The summed E-state index contributed by atoms with van der Waals surface area (Å²) in [6.45, 7) is 6.59. The second kappa shape index (κ2) is 68.9. The minimum Gasteiger partial charge on any atom is -0.462 e. The third-order valence-corrected chi connectivity index (χ3v) is 16.1. The van der Waals surface area contributed by atoms with Gasteiger partial charge in [-0.05, 0) is 57.8 Å². The third-order valence-electron chi connectivity index (χ3n) is 16.1. The van der Waals surface area contributed by atoms with Gasteiger partial charge in [-0.1, -0.05) is 358 Å². The van der Waals surface area contributed by atoms with Crippen LogP contribution in [0.4, 0.5) is 0 Å². The summed E-state index contributed by atoms with van der Waals surface area (Å²) in [5, 5.41) is 0. The van der Waals surface area contributed by atoms with Crippen molar-refractivity contribution in [2.45, 2.75) is 393 Å². The Balaban J connectivity index is 4.26. The van der Waals surface area contributed by atoms with Crippen molar-refractivity contribution in [1.82, 2.24) is 0 Å². The van der Waals surface area contributed by atoms with E-state index >= 15 is 0 Å². The number of unbranched alkanes of at least 4 members (excludes halogenated alkanes) is 47. The number of carbonyl (C=O) groups is 3. The summed E-state index contributed by atoms with van der Waals surface area (Å²) >= 11 is 0. The molecular weight excluding hydrogens is 985 g/mol. The molecule has 0 aromatic carbocycles. The minimum atomic E-state index is -0.782. The highest BCUT2D eigenvalue weighted by Crippen LogP contribution is 2.19. The molecule has 468 valence electrons. The molecule has 0 fully saturated rings. The largest absolute Gasteiger partial charge is 0.462 e. The van der Waals surface area contributed by atoms with E-state index in [1.807, 2.05) is 0 Å². The number of rotatable bonds is 66. The van der Waals surface area contributed by atoms with Crippen molar-refractivity contribution in [2.75, 3.05) is 13.2 Å². The smallest absolute Gasteiger partial charge is 0.306 e. The second-order valence-corrected chi connectivity index (χ2v) is 24.1. The maximum absolute atomic E-state index is 12.9. The Labute approximate surface area is 498 Å². The lowest BCUT2D eigenvalue weighted by Crippen LogP contribution is -2.30. The predicted molar refractivity (Wildman–Crippen MR) is 349 cm³/mol. The first-order valence-corrected chi connectivity index (χ1v) is 35.6. The van der Waals surface area contributed by atoms with Crippen LogP contribution in [0, 0.1) is 0 Å². The molecule has 0 spiro atoms. The van der Waals surface area contributed by atoms with Gasteiger partial charge in [0, 0.05) is 19.3 Å². The molecule has 0 rings (SSSR count). The molecule has 1 unspecified atom stereocenters. The number of allylic oxidation sites excluding steroid dienone is 8. The summed E-state index contributed by atoms with van der Waals surface area (Å²) in [7, 11) is 0. The second-order valence-electron chi connectivity index (χ2n) is 24.1. The Kier molecular flexibility index (Phi) is 66.6. The van der Waals surface area contributed by atoms with Gasteiger partial charge in [-0.25, -0.2) is 0 Å². The van der Waals surface area contributed by atoms with Crippen molar-refractivity contribution in [3.63, 3.8) is 0 Å². The monoisotopic (exact) mass is 1120 g/mol. The van der Waals surface area contributed by atoms with E-state index in [0.717, 1.165) is 96.3 Å². The Morgan fingerprint density at radius 1 is 0.263 bits per heavy atom. The van der Waals surface area contributed by atoms with E-state index in [9.17, 15) is 14.4 Å². The summed E-state index contributed by atoms with van der Waals surface area (Å²) in [6.07, 6.45) is 87.2. The fourth-order valence-electron chi connectivity index (χ4n) is 10.8. The van der Waals surface area contributed by atoms with Gasteiger partial charge in [0.15, 0.2) is 6.10 Å². The molecule has 0 saturated heterocycles. The van der Waals surface area contributed by atoms with Crippen LogP contribution >= 0.6 is 0 Å². The Morgan fingerprint density at radius 2 is 0.487 bits per heavy atom. The van der Waals surface area contributed by atoms with E-state index in [1.54, 1.807) is 0 Å². The molecule has 0 radical (unpaired) electrons. The zero-order chi connectivity index (χ0) is 57.8. The van der Waals surface area contributed by atoms with Crippen LogP contribution in [0.1, 0.15) is 387 Å². The molecule has 0 aromatic rings. The molecule has 0 aromatic heterocycles. The van der Waals surface area contributed by atoms with Crippen LogP contribution in [-0.4, -0.2) is 37.2 Å². The van der Waals surface area contributed by atoms with Crippen molar-refractivity contribution in [2.24, 2.45) is 0 Å². The first-order valence-electron chi connectivity index (χ1n) is 35.6. The highest BCUT2D eigenvalue weighted by Gasteiger charge is 2.19. The number of hydrogen-bond donors (Lipinski definition) is 0. The molecule has 0 amide bonds. The van der Waals surface area contributed by atoms with Crippen molar-refractivity contribution in [3.05, 3.63) is 48.6 Å². The summed E-state index contributed by atoms with van der Waals surface area (Å²) in [5.74, 6) is -0.872. The molecule has 0 bridgehead atoms. The molecule has 0 N–H and O–H groups in total. The normalized spacial score (nSPS) is 12.3. The van der Waals surface area contributed by atoms with Gasteiger partial charge < -0.3 is 14.2 Å². The molecule has 0 aliphatic heterocycles. The van der Waals surface area contributed by atoms with Gasteiger partial charge in [-0.2, -0.15) is 0 Å². The fourth-order valence-corrected chi connectivity index (χ4v) is 10.8. The molecule has 0 saturated carbocycles. The third kappa shape index (κ3) is 66.2. The quantitative estimate of drug-likeness (QED) is 0.0261. The highest BCUT2D eigenvalue weighted by molar-refractivity contribution is 5.71. The van der Waals surface area contributed by atoms with E-state index < -0.39 is 6.10 Å². The Morgan fingerprint density at radius 3 is 0.762 bits per heavy atom. The van der Waals surface area contributed by atoms with Crippen molar-refractivity contribution >= 4 is 17.9 Å². The topological polar surface area (TPSA) is 78.9 Å². The van der Waals surface area contributed by atoms with E-state index in [0.29, 0.717) is 19.3 Å². The summed E-state index contributed by atoms with van der Waals surface area (Å²) < 4.78 is 17.0. The molecule has 80 heavy (non-hydrogen) atoms. The Hall–Kier alpha value is -2.63. The number of hydrogen-bond acceptors (Lipinski definition) is 6. The standard InChI is InChI=1S/C74H136O6/c1-4-7-10-13-16-19-22-25-28-31-33-34-35-36-37-38-39-40-41-44-46-49-52-55-58-61-64-67-73(76)79-70-71(69-78-72(75)66-63-60-57-54-51-48-45-42-30-27-24-21-18-15-12-9-6-3)80-74(77)68-65-62-59-56-53-50-47-43-32-29-26-23-20-17-14-11-8-5-2/h9,12,18,21,27,30,45,48,71H,4-8,10-11,13-17,19-20,22-26,28-29,31-44,46-47,49-70H2,1-3H3/b12-9-,21-18-,30-27-,48-45-. The number of carbonyl (C=O) groups excluding carboxylic acids is 3. The van der Waals surface area contributed by atoms with Crippen LogP contribution in [0.3, 0.4) is 0 Å². The first kappa shape index (κ1) is 77.4. The van der Waals surface area contributed by atoms with Crippen LogP contribution in [0.2, 0.25) is 0 Å². The van der Waals surface area contributed by atoms with E-state index in [4.69, 9.17) is 14.2 Å². The van der Waals surface area contributed by atoms with Crippen molar-refractivity contribution in [1.29, 1.82) is 0 Å². The van der Waals surface area contributed by atoms with Crippen LogP contribution < -0.4 is 0 Å². The zero-order valence-corrected chi connectivity index (χ0v) is 53.9. The molecule has 6 heteroatoms. The van der Waals surface area contributed by atoms with Crippen LogP contribution in [0.25, 0.3) is 0 Å². The van der Waals surface area contributed by atoms with Gasteiger partial charge >= 0.3 is 17.9 Å². The average molecular weight is 1120 g/mol. The van der Waals surface area contributed by atoms with Gasteiger partial charge in [0.05, 0.1) is 0 Å². The van der Waals surface area contributed by atoms with E-state index in [-0.39, 0.29) is 31.1 Å². The highest BCUT2D eigenvalue weighted by atomic mass is 16.6.